The highest BCUT2D eigenvalue weighted by atomic mass is 35.5. The molecule has 0 amide bonds. The molecule has 1 aromatic rings. The Morgan fingerprint density at radius 1 is 1.20 bits per heavy atom. The standard InChI is InChI=1S/C12H15Cl3/c1-3-10(13)8(2)7-9-11(14)5-4-6-12(9)15/h4-6,8,10H,3,7H2,1-2H3. The van der Waals surface area contributed by atoms with Gasteiger partial charge in [-0.25, -0.2) is 0 Å². The second-order valence-electron chi connectivity index (χ2n) is 3.81. The lowest BCUT2D eigenvalue weighted by Gasteiger charge is -2.17. The first-order valence-corrected chi connectivity index (χ1v) is 6.32. The Hall–Kier alpha value is 0.0900. The molecule has 0 aliphatic carbocycles. The molecule has 0 heterocycles. The van der Waals surface area contributed by atoms with Crippen molar-refractivity contribution in [1.82, 2.24) is 0 Å². The van der Waals surface area contributed by atoms with Gasteiger partial charge in [-0.05, 0) is 36.5 Å². The van der Waals surface area contributed by atoms with Gasteiger partial charge in [0.15, 0.2) is 0 Å². The van der Waals surface area contributed by atoms with Crippen molar-refractivity contribution in [3.8, 4) is 0 Å². The molecule has 1 rings (SSSR count). The van der Waals surface area contributed by atoms with Crippen molar-refractivity contribution >= 4 is 34.8 Å². The fraction of sp³-hybridized carbons (Fsp3) is 0.500. The van der Waals surface area contributed by atoms with Crippen molar-refractivity contribution in [2.45, 2.75) is 32.1 Å². The Morgan fingerprint density at radius 2 is 1.73 bits per heavy atom. The van der Waals surface area contributed by atoms with Gasteiger partial charge in [-0.15, -0.1) is 11.6 Å². The number of rotatable bonds is 4. The van der Waals surface area contributed by atoms with Crippen LogP contribution in [0.1, 0.15) is 25.8 Å². The van der Waals surface area contributed by atoms with E-state index in [-0.39, 0.29) is 5.38 Å². The zero-order valence-electron chi connectivity index (χ0n) is 8.93. The van der Waals surface area contributed by atoms with Crippen molar-refractivity contribution in [3.63, 3.8) is 0 Å². The molecule has 0 spiro atoms. The van der Waals surface area contributed by atoms with Crippen LogP contribution in [-0.2, 0) is 6.42 Å². The second kappa shape index (κ2) is 5.98. The van der Waals surface area contributed by atoms with E-state index in [9.17, 15) is 0 Å². The minimum atomic E-state index is 0.178. The highest BCUT2D eigenvalue weighted by Gasteiger charge is 2.16. The molecule has 2 unspecified atom stereocenters. The van der Waals surface area contributed by atoms with E-state index >= 15 is 0 Å². The van der Waals surface area contributed by atoms with Gasteiger partial charge in [-0.3, -0.25) is 0 Å². The molecule has 0 N–H and O–H groups in total. The van der Waals surface area contributed by atoms with Gasteiger partial charge in [0.25, 0.3) is 0 Å². The lowest BCUT2D eigenvalue weighted by molar-refractivity contribution is 0.531. The fourth-order valence-corrected chi connectivity index (χ4v) is 2.22. The van der Waals surface area contributed by atoms with Gasteiger partial charge in [-0.2, -0.15) is 0 Å². The first kappa shape index (κ1) is 13.2. The number of hydrogen-bond acceptors (Lipinski definition) is 0. The van der Waals surface area contributed by atoms with Crippen molar-refractivity contribution in [3.05, 3.63) is 33.8 Å². The topological polar surface area (TPSA) is 0 Å². The van der Waals surface area contributed by atoms with Crippen molar-refractivity contribution in [1.29, 1.82) is 0 Å². The third kappa shape index (κ3) is 3.55. The molecule has 0 saturated carbocycles. The average molecular weight is 266 g/mol. The quantitative estimate of drug-likeness (QED) is 0.657. The zero-order valence-corrected chi connectivity index (χ0v) is 11.2. The Morgan fingerprint density at radius 3 is 2.20 bits per heavy atom. The van der Waals surface area contributed by atoms with Crippen LogP contribution >= 0.6 is 34.8 Å². The lowest BCUT2D eigenvalue weighted by Crippen LogP contribution is -2.13. The van der Waals surface area contributed by atoms with Crippen LogP contribution < -0.4 is 0 Å². The van der Waals surface area contributed by atoms with Crippen LogP contribution in [0.4, 0.5) is 0 Å². The van der Waals surface area contributed by atoms with E-state index in [2.05, 4.69) is 13.8 Å². The third-order valence-electron chi connectivity index (χ3n) is 2.60. The summed E-state index contributed by atoms with van der Waals surface area (Å²) in [5.41, 5.74) is 1.01. The Balaban J connectivity index is 2.80. The summed E-state index contributed by atoms with van der Waals surface area (Å²) in [5.74, 6) is 0.383. The van der Waals surface area contributed by atoms with Crippen LogP contribution in [0.3, 0.4) is 0 Å². The van der Waals surface area contributed by atoms with Gasteiger partial charge in [0, 0.05) is 15.4 Å². The normalized spacial score (nSPS) is 15.0. The molecule has 3 heteroatoms. The van der Waals surface area contributed by atoms with Crippen LogP contribution in [0.5, 0.6) is 0 Å². The van der Waals surface area contributed by atoms with E-state index < -0.39 is 0 Å². The summed E-state index contributed by atoms with van der Waals surface area (Å²) in [6.07, 6.45) is 1.80. The minimum absolute atomic E-state index is 0.178. The molecule has 0 aliphatic rings. The predicted molar refractivity (Wildman–Crippen MR) is 69.3 cm³/mol. The molecule has 2 atom stereocenters. The highest BCUT2D eigenvalue weighted by molar-refractivity contribution is 6.36. The molecule has 0 aliphatic heterocycles. The summed E-state index contributed by atoms with van der Waals surface area (Å²) in [5, 5.41) is 1.64. The van der Waals surface area contributed by atoms with Gasteiger partial charge < -0.3 is 0 Å². The monoisotopic (exact) mass is 264 g/mol. The SMILES string of the molecule is CCC(Cl)C(C)Cc1c(Cl)cccc1Cl. The number of halogens is 3. The first-order valence-electron chi connectivity index (χ1n) is 5.13. The smallest absolute Gasteiger partial charge is 0.0452 e. The van der Waals surface area contributed by atoms with Crippen molar-refractivity contribution in [2.24, 2.45) is 5.92 Å². The summed E-state index contributed by atoms with van der Waals surface area (Å²) in [6.45, 7) is 4.21. The molecule has 1 aromatic carbocycles. The lowest BCUT2D eigenvalue weighted by atomic mass is 9.96. The molecule has 0 aromatic heterocycles. The van der Waals surface area contributed by atoms with Crippen LogP contribution in [-0.4, -0.2) is 5.38 Å². The molecule has 84 valence electrons. The molecule has 0 radical (unpaired) electrons. The number of benzene rings is 1. The minimum Gasteiger partial charge on any atom is -0.123 e. The summed E-state index contributed by atoms with van der Waals surface area (Å²) < 4.78 is 0. The van der Waals surface area contributed by atoms with E-state index in [4.69, 9.17) is 34.8 Å². The van der Waals surface area contributed by atoms with E-state index in [1.807, 2.05) is 18.2 Å². The summed E-state index contributed by atoms with van der Waals surface area (Å²) >= 11 is 18.4. The molecule has 0 fully saturated rings. The van der Waals surface area contributed by atoms with Crippen molar-refractivity contribution in [2.75, 3.05) is 0 Å². The molecular weight excluding hydrogens is 250 g/mol. The van der Waals surface area contributed by atoms with Crippen LogP contribution in [0.25, 0.3) is 0 Å². The molecule has 0 nitrogen and oxygen atoms in total. The second-order valence-corrected chi connectivity index (χ2v) is 5.18. The van der Waals surface area contributed by atoms with E-state index in [1.54, 1.807) is 0 Å². The summed E-state index contributed by atoms with van der Waals surface area (Å²) in [6, 6.07) is 5.59. The average Bonchev–Trinajstić information content (AvgIpc) is 2.22. The van der Waals surface area contributed by atoms with Gasteiger partial charge >= 0.3 is 0 Å². The third-order valence-corrected chi connectivity index (χ3v) is 4.04. The Labute approximate surface area is 107 Å². The maximum Gasteiger partial charge on any atom is 0.0452 e. The maximum atomic E-state index is 6.18. The Bertz CT molecular complexity index is 302. The zero-order chi connectivity index (χ0) is 11.4. The van der Waals surface area contributed by atoms with E-state index in [0.29, 0.717) is 5.92 Å². The largest absolute Gasteiger partial charge is 0.123 e. The number of hydrogen-bond donors (Lipinski definition) is 0. The van der Waals surface area contributed by atoms with E-state index in [0.717, 1.165) is 28.5 Å². The molecule has 15 heavy (non-hydrogen) atoms. The number of alkyl halides is 1. The highest BCUT2D eigenvalue weighted by Crippen LogP contribution is 2.29. The van der Waals surface area contributed by atoms with Crippen LogP contribution in [0.2, 0.25) is 10.0 Å². The van der Waals surface area contributed by atoms with Crippen LogP contribution in [0, 0.1) is 5.92 Å². The summed E-state index contributed by atoms with van der Waals surface area (Å²) in [4.78, 5) is 0. The van der Waals surface area contributed by atoms with Crippen LogP contribution in [0.15, 0.2) is 18.2 Å². The maximum absolute atomic E-state index is 6.18. The Kier molecular flexibility index (Phi) is 5.25. The van der Waals surface area contributed by atoms with Gasteiger partial charge in [-0.1, -0.05) is 43.1 Å². The van der Waals surface area contributed by atoms with Gasteiger partial charge in [0.1, 0.15) is 0 Å². The fourth-order valence-electron chi connectivity index (χ4n) is 1.58. The predicted octanol–water partition coefficient (Wildman–Crippen LogP) is 5.19. The molecule has 0 bridgehead atoms. The molecular formula is C12H15Cl3. The first-order chi connectivity index (χ1) is 7.06. The van der Waals surface area contributed by atoms with Crippen molar-refractivity contribution < 1.29 is 0 Å². The van der Waals surface area contributed by atoms with Gasteiger partial charge in [0.2, 0.25) is 0 Å². The summed E-state index contributed by atoms with van der Waals surface area (Å²) in [7, 11) is 0. The van der Waals surface area contributed by atoms with Gasteiger partial charge in [0.05, 0.1) is 0 Å². The molecule has 0 saturated heterocycles. The van der Waals surface area contributed by atoms with E-state index in [1.165, 1.54) is 0 Å².